The number of hydrogen-bond acceptors (Lipinski definition) is 5. The summed E-state index contributed by atoms with van der Waals surface area (Å²) in [5.41, 5.74) is 1.04. The van der Waals surface area contributed by atoms with Gasteiger partial charge in [-0.3, -0.25) is 9.59 Å². The van der Waals surface area contributed by atoms with Crippen LogP contribution in [0.2, 0.25) is 0 Å². The summed E-state index contributed by atoms with van der Waals surface area (Å²) in [6.45, 7) is 6.08. The molecule has 2 saturated heterocycles. The van der Waals surface area contributed by atoms with Crippen LogP contribution in [0.25, 0.3) is 0 Å². The Kier molecular flexibility index (Phi) is 5.76. The van der Waals surface area contributed by atoms with Crippen molar-refractivity contribution in [1.29, 1.82) is 0 Å². The molecule has 3 aliphatic heterocycles. The predicted molar refractivity (Wildman–Crippen MR) is 112 cm³/mol. The molecule has 164 valence electrons. The summed E-state index contributed by atoms with van der Waals surface area (Å²) >= 11 is 0. The molecule has 3 heterocycles. The van der Waals surface area contributed by atoms with Gasteiger partial charge >= 0.3 is 0 Å². The van der Waals surface area contributed by atoms with Gasteiger partial charge in [0.05, 0.1) is 10.6 Å². The van der Waals surface area contributed by atoms with Crippen molar-refractivity contribution in [2.75, 3.05) is 38.1 Å². The van der Waals surface area contributed by atoms with Gasteiger partial charge in [0.15, 0.2) is 6.61 Å². The molecule has 2 amide bonds. The van der Waals surface area contributed by atoms with Gasteiger partial charge in [0.25, 0.3) is 5.91 Å². The first-order valence-corrected chi connectivity index (χ1v) is 12.1. The van der Waals surface area contributed by atoms with Gasteiger partial charge in [0.2, 0.25) is 15.9 Å². The normalized spacial score (nSPS) is 21.7. The van der Waals surface area contributed by atoms with E-state index in [0.717, 1.165) is 25.9 Å². The topological polar surface area (TPSA) is 96.0 Å². The molecule has 0 aromatic heterocycles. The standard InChI is InChI=1S/C21H29N3O5S/c1-14-3-7-23(8-4-14)21(26)16-5-9-24(10-6-16)30(27,28)19-12-18-17(11-15(19)2)22-20(25)13-29-18/h11-12,14,16H,3-10,13H2,1-2H3,(H,22,25). The third kappa shape index (κ3) is 4.05. The molecule has 0 aliphatic carbocycles. The van der Waals surface area contributed by atoms with Crippen molar-refractivity contribution in [3.8, 4) is 5.75 Å². The van der Waals surface area contributed by atoms with Crippen molar-refractivity contribution in [2.24, 2.45) is 11.8 Å². The zero-order chi connectivity index (χ0) is 21.5. The third-order valence-corrected chi connectivity index (χ3v) is 8.47. The fourth-order valence-electron chi connectivity index (χ4n) is 4.46. The average molecular weight is 436 g/mol. The monoisotopic (exact) mass is 435 g/mol. The van der Waals surface area contributed by atoms with Crippen LogP contribution in [0.15, 0.2) is 17.0 Å². The number of fused-ring (bicyclic) bond motifs is 1. The molecule has 30 heavy (non-hydrogen) atoms. The number of nitrogens with one attached hydrogen (secondary N) is 1. The number of sulfonamides is 1. The summed E-state index contributed by atoms with van der Waals surface area (Å²) < 4.78 is 33.4. The van der Waals surface area contributed by atoms with E-state index in [1.807, 2.05) is 4.90 Å². The molecular formula is C21H29N3O5S. The van der Waals surface area contributed by atoms with E-state index in [1.54, 1.807) is 13.0 Å². The zero-order valence-corrected chi connectivity index (χ0v) is 18.3. The second kappa shape index (κ2) is 8.19. The maximum Gasteiger partial charge on any atom is 0.262 e. The highest BCUT2D eigenvalue weighted by Gasteiger charge is 2.35. The number of benzene rings is 1. The van der Waals surface area contributed by atoms with Gasteiger partial charge in [0, 0.05) is 38.2 Å². The molecule has 3 aliphatic rings. The Morgan fingerprint density at radius 3 is 2.43 bits per heavy atom. The van der Waals surface area contributed by atoms with E-state index in [1.165, 1.54) is 10.4 Å². The quantitative estimate of drug-likeness (QED) is 0.783. The summed E-state index contributed by atoms with van der Waals surface area (Å²) in [7, 11) is -3.71. The fraction of sp³-hybridized carbons (Fsp3) is 0.619. The number of carbonyl (C=O) groups excluding carboxylic acids is 2. The molecule has 1 aromatic rings. The van der Waals surface area contributed by atoms with Crippen molar-refractivity contribution in [3.05, 3.63) is 17.7 Å². The maximum atomic E-state index is 13.3. The van der Waals surface area contributed by atoms with E-state index in [-0.39, 0.29) is 29.2 Å². The summed E-state index contributed by atoms with van der Waals surface area (Å²) in [5.74, 6) is 0.842. The number of amides is 2. The lowest BCUT2D eigenvalue weighted by molar-refractivity contribution is -0.138. The summed E-state index contributed by atoms with van der Waals surface area (Å²) in [4.78, 5) is 26.5. The Hall–Kier alpha value is -2.13. The molecule has 0 unspecified atom stereocenters. The van der Waals surface area contributed by atoms with Gasteiger partial charge in [-0.2, -0.15) is 4.31 Å². The number of rotatable bonds is 3. The minimum atomic E-state index is -3.71. The summed E-state index contributed by atoms with van der Waals surface area (Å²) in [6, 6.07) is 3.12. The SMILES string of the molecule is Cc1cc2c(cc1S(=O)(=O)N1CCC(C(=O)N3CCC(C)CC3)CC1)OCC(=O)N2. The second-order valence-electron chi connectivity index (χ2n) is 8.64. The van der Waals surface area contributed by atoms with Crippen molar-refractivity contribution in [1.82, 2.24) is 9.21 Å². The number of ether oxygens (including phenoxy) is 1. The molecule has 0 saturated carbocycles. The molecule has 0 radical (unpaired) electrons. The minimum Gasteiger partial charge on any atom is -0.482 e. The molecule has 0 bridgehead atoms. The summed E-state index contributed by atoms with van der Waals surface area (Å²) in [6.07, 6.45) is 3.17. The van der Waals surface area contributed by atoms with E-state index >= 15 is 0 Å². The second-order valence-corrected chi connectivity index (χ2v) is 10.5. The number of nitrogens with zero attached hydrogens (tertiary/aromatic N) is 2. The fourth-order valence-corrected chi connectivity index (χ4v) is 6.15. The van der Waals surface area contributed by atoms with Crippen molar-refractivity contribution in [2.45, 2.75) is 44.4 Å². The van der Waals surface area contributed by atoms with Crippen LogP contribution in [0.3, 0.4) is 0 Å². The van der Waals surface area contributed by atoms with Gasteiger partial charge in [-0.15, -0.1) is 0 Å². The molecule has 2 fully saturated rings. The highest BCUT2D eigenvalue weighted by Crippen LogP contribution is 2.35. The van der Waals surface area contributed by atoms with Crippen LogP contribution in [0.5, 0.6) is 5.75 Å². The molecule has 9 heteroatoms. The largest absolute Gasteiger partial charge is 0.482 e. The van der Waals surface area contributed by atoms with Gasteiger partial charge < -0.3 is 15.0 Å². The lowest BCUT2D eigenvalue weighted by Crippen LogP contribution is -2.46. The van der Waals surface area contributed by atoms with Crippen LogP contribution in [-0.4, -0.2) is 62.2 Å². The van der Waals surface area contributed by atoms with Gasteiger partial charge in [-0.05, 0) is 50.2 Å². The van der Waals surface area contributed by atoms with Crippen LogP contribution >= 0.6 is 0 Å². The third-order valence-electron chi connectivity index (χ3n) is 6.43. The Labute approximate surface area is 177 Å². The number of likely N-dealkylation sites (tertiary alicyclic amines) is 1. The molecule has 8 nitrogen and oxygen atoms in total. The number of hydrogen-bond donors (Lipinski definition) is 1. The lowest BCUT2D eigenvalue weighted by Gasteiger charge is -2.36. The molecule has 1 aromatic carbocycles. The number of carbonyl (C=O) groups is 2. The smallest absolute Gasteiger partial charge is 0.262 e. The van der Waals surface area contributed by atoms with Crippen LogP contribution in [0.1, 0.15) is 38.2 Å². The van der Waals surface area contributed by atoms with Crippen LogP contribution in [-0.2, 0) is 19.6 Å². The predicted octanol–water partition coefficient (Wildman–Crippen LogP) is 1.99. The van der Waals surface area contributed by atoms with Crippen molar-refractivity contribution >= 4 is 27.5 Å². The first kappa shape index (κ1) is 21.1. The first-order valence-electron chi connectivity index (χ1n) is 10.6. The van der Waals surface area contributed by atoms with E-state index < -0.39 is 10.0 Å². The van der Waals surface area contributed by atoms with Crippen molar-refractivity contribution < 1.29 is 22.7 Å². The van der Waals surface area contributed by atoms with Crippen LogP contribution < -0.4 is 10.1 Å². The van der Waals surface area contributed by atoms with Crippen LogP contribution in [0.4, 0.5) is 5.69 Å². The summed E-state index contributed by atoms with van der Waals surface area (Å²) in [5, 5.41) is 2.70. The number of anilines is 1. The molecule has 0 spiro atoms. The Morgan fingerprint density at radius 1 is 1.10 bits per heavy atom. The average Bonchev–Trinajstić information content (AvgIpc) is 2.73. The van der Waals surface area contributed by atoms with Gasteiger partial charge in [-0.25, -0.2) is 8.42 Å². The Morgan fingerprint density at radius 2 is 1.77 bits per heavy atom. The number of aryl methyl sites for hydroxylation is 1. The molecular weight excluding hydrogens is 406 g/mol. The molecule has 1 N–H and O–H groups in total. The highest BCUT2D eigenvalue weighted by molar-refractivity contribution is 7.89. The Bertz CT molecular complexity index is 946. The van der Waals surface area contributed by atoms with Crippen LogP contribution in [0, 0.1) is 18.8 Å². The zero-order valence-electron chi connectivity index (χ0n) is 17.5. The maximum absolute atomic E-state index is 13.3. The van der Waals surface area contributed by atoms with E-state index in [0.29, 0.717) is 48.8 Å². The lowest BCUT2D eigenvalue weighted by atomic mass is 9.93. The van der Waals surface area contributed by atoms with E-state index in [9.17, 15) is 18.0 Å². The van der Waals surface area contributed by atoms with Gasteiger partial charge in [-0.1, -0.05) is 6.92 Å². The Balaban J connectivity index is 1.44. The molecule has 0 atom stereocenters. The van der Waals surface area contributed by atoms with E-state index in [2.05, 4.69) is 12.2 Å². The van der Waals surface area contributed by atoms with Crippen molar-refractivity contribution in [3.63, 3.8) is 0 Å². The number of piperidine rings is 2. The minimum absolute atomic E-state index is 0.104. The van der Waals surface area contributed by atoms with Gasteiger partial charge in [0.1, 0.15) is 5.75 Å². The van der Waals surface area contributed by atoms with E-state index in [4.69, 9.17) is 4.74 Å². The highest BCUT2D eigenvalue weighted by atomic mass is 32.2. The first-order chi connectivity index (χ1) is 14.3. The molecule has 4 rings (SSSR count).